The number of rotatable bonds is 6. The second kappa shape index (κ2) is 8.38. The quantitative estimate of drug-likeness (QED) is 0.384. The Morgan fingerprint density at radius 2 is 2.12 bits per heavy atom. The number of benzene rings is 1. The van der Waals surface area contributed by atoms with E-state index in [0.29, 0.717) is 17.4 Å². The summed E-state index contributed by atoms with van der Waals surface area (Å²) in [6.45, 7) is 4.84. The van der Waals surface area contributed by atoms with E-state index in [9.17, 15) is 0 Å². The van der Waals surface area contributed by atoms with Gasteiger partial charge in [0.2, 0.25) is 0 Å². The minimum Gasteiger partial charge on any atom is -0.323 e. The molecule has 5 nitrogen and oxygen atoms in total. The van der Waals surface area contributed by atoms with Gasteiger partial charge in [-0.15, -0.1) is 0 Å². The minimum absolute atomic E-state index is 0.256. The Kier molecular flexibility index (Phi) is 5.96. The molecule has 0 saturated carbocycles. The van der Waals surface area contributed by atoms with Crippen molar-refractivity contribution >= 4 is 29.6 Å². The highest BCUT2D eigenvalue weighted by Gasteiger charge is 2.20. The lowest BCUT2D eigenvalue weighted by Gasteiger charge is -2.12. The third-order valence-electron chi connectivity index (χ3n) is 3.77. The predicted molar refractivity (Wildman–Crippen MR) is 107 cm³/mol. The minimum atomic E-state index is 0.256. The number of hydrogen-bond acceptors (Lipinski definition) is 5. The highest BCUT2D eigenvalue weighted by molar-refractivity contribution is 7.99. The molecule has 7 heteroatoms. The lowest BCUT2D eigenvalue weighted by Crippen LogP contribution is -2.08. The molecule has 0 aliphatic carbocycles. The van der Waals surface area contributed by atoms with E-state index in [1.807, 2.05) is 42.5 Å². The van der Waals surface area contributed by atoms with Crippen LogP contribution >= 0.6 is 23.4 Å². The van der Waals surface area contributed by atoms with Crippen LogP contribution in [0.15, 0.2) is 63.7 Å². The largest absolute Gasteiger partial charge is 0.323 e. The molecular weight excluding hydrogens is 366 g/mol. The predicted octanol–water partition coefficient (Wildman–Crippen LogP) is 4.55. The third kappa shape index (κ3) is 4.26. The number of nitrogens with zero attached hydrogens (tertiary/aromatic N) is 4. The van der Waals surface area contributed by atoms with E-state index < -0.39 is 0 Å². The van der Waals surface area contributed by atoms with Crippen molar-refractivity contribution in [3.05, 3.63) is 70.9 Å². The summed E-state index contributed by atoms with van der Waals surface area (Å²) >= 11 is 7.79. The van der Waals surface area contributed by atoms with Crippen LogP contribution in [0, 0.1) is 0 Å². The lowest BCUT2D eigenvalue weighted by molar-refractivity contribution is 0.691. The van der Waals surface area contributed by atoms with Crippen LogP contribution in [0.2, 0.25) is 5.02 Å². The van der Waals surface area contributed by atoms with E-state index in [4.69, 9.17) is 22.4 Å². The Hall–Kier alpha value is -2.31. The summed E-state index contributed by atoms with van der Waals surface area (Å²) in [6, 6.07) is 13.7. The van der Waals surface area contributed by atoms with Crippen LogP contribution < -0.4 is 5.84 Å². The molecule has 2 N–H and O–H groups in total. The Labute approximate surface area is 162 Å². The molecule has 3 aromatic rings. The molecule has 1 aromatic carbocycles. The normalized spacial score (nSPS) is 11.5. The fourth-order valence-electron chi connectivity index (χ4n) is 2.57. The van der Waals surface area contributed by atoms with Gasteiger partial charge in [0.25, 0.3) is 0 Å². The van der Waals surface area contributed by atoms with Gasteiger partial charge in [-0.05, 0) is 36.2 Å². The highest BCUT2D eigenvalue weighted by atomic mass is 35.5. The Morgan fingerprint density at radius 3 is 2.77 bits per heavy atom. The molecule has 0 amide bonds. The molecule has 0 bridgehead atoms. The van der Waals surface area contributed by atoms with E-state index in [0.717, 1.165) is 21.3 Å². The molecule has 26 heavy (non-hydrogen) atoms. The van der Waals surface area contributed by atoms with E-state index >= 15 is 0 Å². The maximum Gasteiger partial charge on any atom is 0.154 e. The molecular formula is C19H20ClN5S. The van der Waals surface area contributed by atoms with Gasteiger partial charge in [-0.1, -0.05) is 49.3 Å². The molecule has 2 aromatic heterocycles. The molecule has 0 radical (unpaired) electrons. The summed E-state index contributed by atoms with van der Waals surface area (Å²) in [7, 11) is 0. The van der Waals surface area contributed by atoms with Crippen LogP contribution in [0.1, 0.15) is 37.0 Å². The number of imidazole rings is 1. The first-order valence-electron chi connectivity index (χ1n) is 8.25. The molecule has 0 spiro atoms. The molecule has 0 unspecified atom stereocenters. The fourth-order valence-corrected chi connectivity index (χ4v) is 4.04. The van der Waals surface area contributed by atoms with Crippen LogP contribution in [-0.2, 0) is 6.54 Å². The summed E-state index contributed by atoms with van der Waals surface area (Å²) in [5.74, 6) is 6.38. The van der Waals surface area contributed by atoms with E-state index in [1.54, 1.807) is 24.2 Å². The summed E-state index contributed by atoms with van der Waals surface area (Å²) in [5, 5.41) is 5.44. The number of hydrazone groups is 1. The van der Waals surface area contributed by atoms with Crippen LogP contribution in [0.25, 0.3) is 0 Å². The molecule has 0 aliphatic rings. The maximum atomic E-state index is 6.15. The van der Waals surface area contributed by atoms with Gasteiger partial charge in [0, 0.05) is 16.1 Å². The van der Waals surface area contributed by atoms with E-state index in [1.165, 1.54) is 0 Å². The zero-order valence-corrected chi connectivity index (χ0v) is 16.2. The van der Waals surface area contributed by atoms with Crippen molar-refractivity contribution in [2.45, 2.75) is 36.2 Å². The van der Waals surface area contributed by atoms with Gasteiger partial charge in [0.15, 0.2) is 5.82 Å². The van der Waals surface area contributed by atoms with Crippen molar-refractivity contribution in [2.24, 2.45) is 10.9 Å². The Bertz CT molecular complexity index is 906. The second-order valence-corrected chi connectivity index (χ2v) is 7.56. The van der Waals surface area contributed by atoms with Crippen molar-refractivity contribution in [3.63, 3.8) is 0 Å². The molecule has 0 saturated heterocycles. The van der Waals surface area contributed by atoms with Crippen molar-refractivity contribution in [1.82, 2.24) is 14.5 Å². The van der Waals surface area contributed by atoms with Crippen LogP contribution in [-0.4, -0.2) is 20.7 Å². The number of hydrogen-bond donors (Lipinski definition) is 1. The molecule has 3 rings (SSSR count). The van der Waals surface area contributed by atoms with Gasteiger partial charge in [-0.3, -0.25) is 4.98 Å². The number of aromatic nitrogens is 3. The van der Waals surface area contributed by atoms with Gasteiger partial charge in [-0.25, -0.2) is 4.98 Å². The molecule has 0 atom stereocenters. The van der Waals surface area contributed by atoms with Crippen molar-refractivity contribution in [3.8, 4) is 0 Å². The van der Waals surface area contributed by atoms with Crippen molar-refractivity contribution in [1.29, 1.82) is 0 Å². The number of halogens is 1. The molecule has 0 fully saturated rings. The van der Waals surface area contributed by atoms with Crippen LogP contribution in [0.5, 0.6) is 0 Å². The third-order valence-corrected chi connectivity index (χ3v) is 5.12. The first kappa shape index (κ1) is 18.5. The zero-order chi connectivity index (χ0) is 18.5. The van der Waals surface area contributed by atoms with Gasteiger partial charge < -0.3 is 10.4 Å². The van der Waals surface area contributed by atoms with Crippen molar-refractivity contribution < 1.29 is 0 Å². The smallest absolute Gasteiger partial charge is 0.154 e. The topological polar surface area (TPSA) is 69.1 Å². The summed E-state index contributed by atoms with van der Waals surface area (Å²) in [4.78, 5) is 10.3. The second-order valence-electron chi connectivity index (χ2n) is 6.06. The van der Waals surface area contributed by atoms with Gasteiger partial charge in [0.1, 0.15) is 5.03 Å². The monoisotopic (exact) mass is 385 g/mol. The first-order chi connectivity index (χ1) is 12.6. The van der Waals surface area contributed by atoms with Crippen LogP contribution in [0.4, 0.5) is 0 Å². The number of nitrogens with two attached hydrogens (primary N) is 1. The fraction of sp³-hybridized carbons (Fsp3) is 0.211. The van der Waals surface area contributed by atoms with E-state index in [-0.39, 0.29) is 5.92 Å². The average molecular weight is 386 g/mol. The zero-order valence-electron chi connectivity index (χ0n) is 14.6. The van der Waals surface area contributed by atoms with E-state index in [2.05, 4.69) is 28.5 Å². The molecule has 2 heterocycles. The van der Waals surface area contributed by atoms with Crippen molar-refractivity contribution in [2.75, 3.05) is 0 Å². The Balaban J connectivity index is 2.09. The van der Waals surface area contributed by atoms with Gasteiger partial charge >= 0.3 is 0 Å². The molecule has 0 aliphatic heterocycles. The van der Waals surface area contributed by atoms with Gasteiger partial charge in [-0.2, -0.15) is 5.10 Å². The summed E-state index contributed by atoms with van der Waals surface area (Å²) in [6.07, 6.45) is 3.37. The average Bonchev–Trinajstić information content (AvgIpc) is 2.94. The molecule has 134 valence electrons. The highest BCUT2D eigenvalue weighted by Crippen LogP contribution is 2.35. The van der Waals surface area contributed by atoms with Gasteiger partial charge in [0.05, 0.1) is 24.1 Å². The SMILES string of the molecule is CC(C)c1nc(C=NN)n(Cc2ccccn2)c1Sc1cccc(Cl)c1. The first-order valence-corrected chi connectivity index (χ1v) is 9.45. The van der Waals surface area contributed by atoms with Crippen LogP contribution in [0.3, 0.4) is 0 Å². The standard InChI is InChI=1S/C19H20ClN5S/c1-13(2)18-19(26-16-8-5-6-14(20)10-16)25(17(24-18)11-23-21)12-15-7-3-4-9-22-15/h3-11,13H,12,21H2,1-2H3. The summed E-state index contributed by atoms with van der Waals surface area (Å²) < 4.78 is 2.10. The summed E-state index contributed by atoms with van der Waals surface area (Å²) in [5.41, 5.74) is 1.95. The number of pyridine rings is 1. The Morgan fingerprint density at radius 1 is 1.27 bits per heavy atom. The maximum absolute atomic E-state index is 6.15. The lowest BCUT2D eigenvalue weighted by atomic mass is 10.1.